The van der Waals surface area contributed by atoms with Crippen LogP contribution in [0.5, 0.6) is 0 Å². The van der Waals surface area contributed by atoms with Crippen LogP contribution in [0.2, 0.25) is 0 Å². The molecule has 1 saturated carbocycles. The van der Waals surface area contributed by atoms with Gasteiger partial charge in [0, 0.05) is 37.1 Å². The zero-order chi connectivity index (χ0) is 17.1. The number of anilines is 1. The maximum atomic E-state index is 13.0. The molecule has 3 amide bonds. The Hall–Kier alpha value is -1.63. The van der Waals surface area contributed by atoms with Gasteiger partial charge in [0.1, 0.15) is 0 Å². The van der Waals surface area contributed by atoms with Crippen molar-refractivity contribution in [2.75, 3.05) is 18.4 Å². The number of hydrogen-bond donors (Lipinski definition) is 1. The highest BCUT2D eigenvalue weighted by Gasteiger charge is 2.36. The molecule has 1 unspecified atom stereocenters. The summed E-state index contributed by atoms with van der Waals surface area (Å²) < 4.78 is 0. The zero-order valence-corrected chi connectivity index (χ0v) is 15.3. The lowest BCUT2D eigenvalue weighted by molar-refractivity contribution is -0.127. The molecule has 2 fully saturated rings. The summed E-state index contributed by atoms with van der Waals surface area (Å²) in [6, 6.07) is 0.321. The number of hydrogen-bond acceptors (Lipinski definition) is 4. The summed E-state index contributed by atoms with van der Waals surface area (Å²) in [5.74, 6) is 0.0945. The number of carbonyl (C=O) groups is 2. The molecule has 6 nitrogen and oxygen atoms in total. The Morgan fingerprint density at radius 2 is 2.00 bits per heavy atom. The van der Waals surface area contributed by atoms with Crippen LogP contribution in [0.1, 0.15) is 50.3 Å². The summed E-state index contributed by atoms with van der Waals surface area (Å²) >= 11 is 1.49. The first-order valence-electron chi connectivity index (χ1n) is 8.82. The van der Waals surface area contributed by atoms with Crippen molar-refractivity contribution >= 4 is 28.4 Å². The SMILES string of the molecule is CC(=O)N1CCC(N(C(=O)Nc2ncc(C)s2)C2CCCCC2)C1. The van der Waals surface area contributed by atoms with Gasteiger partial charge in [0.25, 0.3) is 0 Å². The van der Waals surface area contributed by atoms with E-state index in [1.165, 1.54) is 30.6 Å². The normalized spacial score (nSPS) is 21.8. The molecular weight excluding hydrogens is 324 g/mol. The first-order valence-corrected chi connectivity index (χ1v) is 9.63. The number of rotatable bonds is 3. The van der Waals surface area contributed by atoms with E-state index in [4.69, 9.17) is 0 Å². The maximum Gasteiger partial charge on any atom is 0.324 e. The number of nitrogens with one attached hydrogen (secondary N) is 1. The van der Waals surface area contributed by atoms with Crippen LogP contribution in [-0.4, -0.2) is 51.9 Å². The van der Waals surface area contributed by atoms with Crippen molar-refractivity contribution in [2.24, 2.45) is 0 Å². The van der Waals surface area contributed by atoms with Crippen LogP contribution in [-0.2, 0) is 4.79 Å². The first-order chi connectivity index (χ1) is 11.5. The Morgan fingerprint density at radius 1 is 1.25 bits per heavy atom. The van der Waals surface area contributed by atoms with Crippen molar-refractivity contribution < 1.29 is 9.59 Å². The largest absolute Gasteiger partial charge is 0.341 e. The zero-order valence-electron chi connectivity index (χ0n) is 14.5. The Kier molecular flexibility index (Phi) is 5.38. The number of thiazole rings is 1. The lowest BCUT2D eigenvalue weighted by Crippen LogP contribution is -2.51. The van der Waals surface area contributed by atoms with Gasteiger partial charge < -0.3 is 9.80 Å². The molecule has 0 bridgehead atoms. The molecule has 1 atom stereocenters. The fourth-order valence-electron chi connectivity index (χ4n) is 3.81. The van der Waals surface area contributed by atoms with E-state index >= 15 is 0 Å². The minimum atomic E-state index is -0.0633. The van der Waals surface area contributed by atoms with Gasteiger partial charge in [-0.1, -0.05) is 19.3 Å². The Labute approximate surface area is 147 Å². The molecule has 1 aliphatic carbocycles. The van der Waals surface area contributed by atoms with Crippen LogP contribution in [0.25, 0.3) is 0 Å². The van der Waals surface area contributed by atoms with E-state index in [-0.39, 0.29) is 24.0 Å². The number of amides is 3. The highest BCUT2D eigenvalue weighted by atomic mass is 32.1. The van der Waals surface area contributed by atoms with Gasteiger partial charge >= 0.3 is 6.03 Å². The minimum absolute atomic E-state index is 0.0633. The number of urea groups is 1. The van der Waals surface area contributed by atoms with Gasteiger partial charge in [0.05, 0.1) is 6.04 Å². The highest BCUT2D eigenvalue weighted by molar-refractivity contribution is 7.15. The van der Waals surface area contributed by atoms with E-state index < -0.39 is 0 Å². The van der Waals surface area contributed by atoms with E-state index in [0.717, 1.165) is 30.7 Å². The van der Waals surface area contributed by atoms with Crippen LogP contribution in [0, 0.1) is 6.92 Å². The Bertz CT molecular complexity index is 597. The number of nitrogens with zero attached hydrogens (tertiary/aromatic N) is 3. The molecule has 3 rings (SSSR count). The molecule has 2 aliphatic rings. The van der Waals surface area contributed by atoms with Gasteiger partial charge in [0.2, 0.25) is 5.91 Å². The van der Waals surface area contributed by atoms with Gasteiger partial charge in [-0.2, -0.15) is 0 Å². The van der Waals surface area contributed by atoms with Crippen LogP contribution >= 0.6 is 11.3 Å². The lowest BCUT2D eigenvalue weighted by Gasteiger charge is -2.38. The van der Waals surface area contributed by atoms with Gasteiger partial charge in [-0.3, -0.25) is 10.1 Å². The third-order valence-electron chi connectivity index (χ3n) is 5.04. The summed E-state index contributed by atoms with van der Waals surface area (Å²) in [7, 11) is 0. The van der Waals surface area contributed by atoms with Crippen molar-refractivity contribution in [2.45, 2.75) is 64.5 Å². The second kappa shape index (κ2) is 7.51. The topological polar surface area (TPSA) is 65.5 Å². The van der Waals surface area contributed by atoms with E-state index in [0.29, 0.717) is 11.7 Å². The van der Waals surface area contributed by atoms with Gasteiger partial charge in [-0.25, -0.2) is 9.78 Å². The molecule has 0 spiro atoms. The second-order valence-electron chi connectivity index (χ2n) is 6.81. The van der Waals surface area contributed by atoms with Crippen molar-refractivity contribution in [3.05, 3.63) is 11.1 Å². The maximum absolute atomic E-state index is 13.0. The van der Waals surface area contributed by atoms with E-state index in [1.54, 1.807) is 13.1 Å². The van der Waals surface area contributed by atoms with E-state index in [9.17, 15) is 9.59 Å². The molecule has 1 aromatic rings. The van der Waals surface area contributed by atoms with Crippen LogP contribution < -0.4 is 5.32 Å². The molecule has 132 valence electrons. The lowest BCUT2D eigenvalue weighted by atomic mass is 9.93. The van der Waals surface area contributed by atoms with Gasteiger partial charge in [-0.05, 0) is 26.2 Å². The van der Waals surface area contributed by atoms with E-state index in [1.807, 2.05) is 16.7 Å². The number of carbonyl (C=O) groups excluding carboxylic acids is 2. The molecule has 0 radical (unpaired) electrons. The average molecular weight is 350 g/mol. The third kappa shape index (κ3) is 3.88. The highest BCUT2D eigenvalue weighted by Crippen LogP contribution is 2.29. The fraction of sp³-hybridized carbons (Fsp3) is 0.706. The quantitative estimate of drug-likeness (QED) is 0.910. The predicted molar refractivity (Wildman–Crippen MR) is 95.2 cm³/mol. The van der Waals surface area contributed by atoms with Crippen molar-refractivity contribution in [1.29, 1.82) is 0 Å². The monoisotopic (exact) mass is 350 g/mol. The Balaban J connectivity index is 1.74. The number of aromatic nitrogens is 1. The van der Waals surface area contributed by atoms with Crippen molar-refractivity contribution in [3.8, 4) is 0 Å². The van der Waals surface area contributed by atoms with Crippen LogP contribution in [0.15, 0.2) is 6.20 Å². The number of aryl methyl sites for hydroxylation is 1. The molecule has 1 aromatic heterocycles. The van der Waals surface area contributed by atoms with Gasteiger partial charge in [-0.15, -0.1) is 11.3 Å². The standard InChI is InChI=1S/C17H26N4O2S/c1-12-10-18-16(24-12)19-17(23)21(14-6-4-3-5-7-14)15-8-9-20(11-15)13(2)22/h10,14-15H,3-9,11H2,1-2H3,(H,18,19,23). The molecule has 24 heavy (non-hydrogen) atoms. The summed E-state index contributed by atoms with van der Waals surface area (Å²) in [5.41, 5.74) is 0. The summed E-state index contributed by atoms with van der Waals surface area (Å²) in [4.78, 5) is 33.8. The molecule has 1 saturated heterocycles. The molecule has 0 aromatic carbocycles. The number of likely N-dealkylation sites (tertiary alicyclic amines) is 1. The molecule has 7 heteroatoms. The van der Waals surface area contributed by atoms with Gasteiger partial charge in [0.15, 0.2) is 5.13 Å². The van der Waals surface area contributed by atoms with E-state index in [2.05, 4.69) is 10.3 Å². The van der Waals surface area contributed by atoms with Crippen LogP contribution in [0.4, 0.5) is 9.93 Å². The second-order valence-corrected chi connectivity index (χ2v) is 8.05. The Morgan fingerprint density at radius 3 is 2.58 bits per heavy atom. The first kappa shape index (κ1) is 17.2. The predicted octanol–water partition coefficient (Wildman–Crippen LogP) is 3.24. The molecular formula is C17H26N4O2S. The van der Waals surface area contributed by atoms with Crippen molar-refractivity contribution in [1.82, 2.24) is 14.8 Å². The summed E-state index contributed by atoms with van der Waals surface area (Å²) in [6.07, 6.45) is 8.35. The average Bonchev–Trinajstić information content (AvgIpc) is 3.18. The molecule has 1 aliphatic heterocycles. The molecule has 2 heterocycles. The smallest absolute Gasteiger partial charge is 0.324 e. The fourth-order valence-corrected chi connectivity index (χ4v) is 4.47. The third-order valence-corrected chi connectivity index (χ3v) is 5.87. The molecule has 1 N–H and O–H groups in total. The van der Waals surface area contributed by atoms with Crippen molar-refractivity contribution in [3.63, 3.8) is 0 Å². The van der Waals surface area contributed by atoms with Crippen LogP contribution in [0.3, 0.4) is 0 Å². The summed E-state index contributed by atoms with van der Waals surface area (Å²) in [5, 5.41) is 3.62. The summed E-state index contributed by atoms with van der Waals surface area (Å²) in [6.45, 7) is 4.97. The minimum Gasteiger partial charge on any atom is -0.341 e.